The van der Waals surface area contributed by atoms with Gasteiger partial charge in [-0.2, -0.15) is 0 Å². The summed E-state index contributed by atoms with van der Waals surface area (Å²) >= 11 is 1.77. The van der Waals surface area contributed by atoms with Gasteiger partial charge in [-0.05, 0) is 29.5 Å². The molecule has 0 radical (unpaired) electrons. The van der Waals surface area contributed by atoms with Crippen LogP contribution in [0.15, 0.2) is 116 Å². The molecule has 0 bridgehead atoms. The fraction of sp³-hybridized carbons (Fsp3) is 0.286. The van der Waals surface area contributed by atoms with Gasteiger partial charge in [0.05, 0.1) is 11.9 Å². The molecule has 44 heavy (non-hydrogen) atoms. The van der Waals surface area contributed by atoms with Gasteiger partial charge in [-0.3, -0.25) is 0 Å². The third-order valence-electron chi connectivity index (χ3n) is 7.44. The first-order valence-corrected chi connectivity index (χ1v) is 15.3. The van der Waals surface area contributed by atoms with Crippen molar-refractivity contribution >= 4 is 29.9 Å². The Labute approximate surface area is 263 Å². The van der Waals surface area contributed by atoms with Crippen molar-refractivity contribution in [2.24, 2.45) is 0 Å². The Morgan fingerprint density at radius 3 is 1.86 bits per heavy atom. The van der Waals surface area contributed by atoms with E-state index in [4.69, 9.17) is 14.2 Å². The summed E-state index contributed by atoms with van der Waals surface area (Å²) in [6.07, 6.45) is 2.31. The largest absolute Gasteiger partial charge is 0.467 e. The Kier molecular flexibility index (Phi) is 11.7. The van der Waals surface area contributed by atoms with E-state index in [1.54, 1.807) is 16.7 Å². The predicted molar refractivity (Wildman–Crippen MR) is 172 cm³/mol. The first kappa shape index (κ1) is 32.4. The molecule has 9 heteroatoms. The van der Waals surface area contributed by atoms with Crippen molar-refractivity contribution in [3.05, 3.63) is 133 Å². The fourth-order valence-corrected chi connectivity index (χ4v) is 7.41. The molecule has 0 spiro atoms. The van der Waals surface area contributed by atoms with Crippen LogP contribution >= 0.6 is 11.8 Å². The van der Waals surface area contributed by atoms with Crippen molar-refractivity contribution in [3.8, 4) is 0 Å². The molecule has 1 heterocycles. The van der Waals surface area contributed by atoms with E-state index in [0.29, 0.717) is 13.0 Å². The maximum atomic E-state index is 13.3. The number of benzene rings is 3. The van der Waals surface area contributed by atoms with Crippen molar-refractivity contribution in [2.45, 2.75) is 34.9 Å². The number of carbonyl (C=O) groups excluding carboxylic acids is 3. The molecule has 1 fully saturated rings. The number of thioether (sulfide) groups is 1. The number of hydrogen-bond donors (Lipinski definition) is 1. The van der Waals surface area contributed by atoms with Crippen LogP contribution < -0.4 is 5.32 Å². The summed E-state index contributed by atoms with van der Waals surface area (Å²) < 4.78 is 14.9. The highest BCUT2D eigenvalue weighted by atomic mass is 32.2. The Bertz CT molecular complexity index is 1310. The number of carbonyl (C=O) groups is 3. The molecule has 8 nitrogen and oxygen atoms in total. The number of likely N-dealkylation sites (tertiary alicyclic amines) is 1. The molecule has 2 amide bonds. The molecule has 0 saturated carbocycles. The third kappa shape index (κ3) is 7.71. The highest BCUT2D eigenvalue weighted by Gasteiger charge is 2.45. The average molecular weight is 615 g/mol. The van der Waals surface area contributed by atoms with Crippen LogP contribution in [0.2, 0.25) is 0 Å². The number of esters is 1. The van der Waals surface area contributed by atoms with Crippen LogP contribution in [0.4, 0.5) is 9.59 Å². The topological polar surface area (TPSA) is 94.2 Å². The summed E-state index contributed by atoms with van der Waals surface area (Å²) in [7, 11) is 1.25. The molecule has 1 unspecified atom stereocenters. The van der Waals surface area contributed by atoms with Gasteiger partial charge in [0.15, 0.2) is 0 Å². The van der Waals surface area contributed by atoms with Crippen LogP contribution in [-0.2, 0) is 23.8 Å². The molecule has 0 aromatic heterocycles. The molecule has 3 aromatic rings. The highest BCUT2D eigenvalue weighted by molar-refractivity contribution is 8.01. The van der Waals surface area contributed by atoms with Gasteiger partial charge in [0.25, 0.3) is 0 Å². The van der Waals surface area contributed by atoms with E-state index >= 15 is 0 Å². The number of alkyl carbamates (subject to hydrolysis) is 1. The third-order valence-corrected chi connectivity index (χ3v) is 9.17. The molecular formula is C35H38N2O6S. The summed E-state index contributed by atoms with van der Waals surface area (Å²) in [6.45, 7) is 7.60. The van der Waals surface area contributed by atoms with E-state index in [0.717, 1.165) is 16.7 Å². The molecule has 4 rings (SSSR count). The fourth-order valence-electron chi connectivity index (χ4n) is 5.54. The normalized spacial score (nSPS) is 16.8. The van der Waals surface area contributed by atoms with Gasteiger partial charge in [-0.25, -0.2) is 14.4 Å². The maximum absolute atomic E-state index is 13.3. The van der Waals surface area contributed by atoms with Gasteiger partial charge in [0.1, 0.15) is 19.3 Å². The Morgan fingerprint density at radius 1 is 0.886 bits per heavy atom. The van der Waals surface area contributed by atoms with Crippen LogP contribution in [0.5, 0.6) is 0 Å². The van der Waals surface area contributed by atoms with Crippen molar-refractivity contribution in [3.63, 3.8) is 0 Å². The molecule has 1 aliphatic rings. The lowest BCUT2D eigenvalue weighted by Crippen LogP contribution is -2.47. The summed E-state index contributed by atoms with van der Waals surface area (Å²) in [5.41, 5.74) is 3.31. The minimum absolute atomic E-state index is 0.0115. The van der Waals surface area contributed by atoms with Crippen LogP contribution in [0.25, 0.3) is 0 Å². The van der Waals surface area contributed by atoms with Gasteiger partial charge < -0.3 is 24.4 Å². The second kappa shape index (κ2) is 15.8. The van der Waals surface area contributed by atoms with Crippen molar-refractivity contribution in [1.29, 1.82) is 0 Å². The van der Waals surface area contributed by atoms with E-state index < -0.39 is 35.0 Å². The van der Waals surface area contributed by atoms with Gasteiger partial charge in [-0.1, -0.05) is 116 Å². The lowest BCUT2D eigenvalue weighted by Gasteiger charge is -2.37. The van der Waals surface area contributed by atoms with E-state index in [9.17, 15) is 14.4 Å². The molecule has 230 valence electrons. The highest BCUT2D eigenvalue weighted by Crippen LogP contribution is 2.52. The molecule has 1 aliphatic heterocycles. The second-order valence-electron chi connectivity index (χ2n) is 10.3. The number of methoxy groups -OCH3 is 1. The SMILES string of the molecule is C=CCOC(=O)NC(C[C@@H]1C[C@H](SC(c2ccccc2)(c2ccccc2)c2ccccc2)CN1C(=O)OCC=C)C(=O)OC. The molecule has 1 N–H and O–H groups in total. The average Bonchev–Trinajstić information content (AvgIpc) is 3.47. The molecular weight excluding hydrogens is 576 g/mol. The Hall–Kier alpha value is -4.50. The first-order valence-electron chi connectivity index (χ1n) is 14.4. The van der Waals surface area contributed by atoms with E-state index in [-0.39, 0.29) is 24.9 Å². The molecule has 3 atom stereocenters. The molecule has 3 aromatic carbocycles. The van der Waals surface area contributed by atoms with E-state index in [1.807, 2.05) is 54.6 Å². The van der Waals surface area contributed by atoms with Gasteiger partial charge in [0.2, 0.25) is 0 Å². The van der Waals surface area contributed by atoms with Crippen LogP contribution in [0.3, 0.4) is 0 Å². The van der Waals surface area contributed by atoms with Crippen LogP contribution in [0, 0.1) is 0 Å². The maximum Gasteiger partial charge on any atom is 0.410 e. The summed E-state index contributed by atoms with van der Waals surface area (Å²) in [5.74, 6) is -0.636. The predicted octanol–water partition coefficient (Wildman–Crippen LogP) is 6.32. The second-order valence-corrected chi connectivity index (χ2v) is 11.8. The van der Waals surface area contributed by atoms with Crippen molar-refractivity contribution in [2.75, 3.05) is 26.9 Å². The van der Waals surface area contributed by atoms with Gasteiger partial charge in [0, 0.05) is 17.8 Å². The number of ether oxygens (including phenoxy) is 3. The lowest BCUT2D eigenvalue weighted by molar-refractivity contribution is -0.143. The molecule has 1 saturated heterocycles. The van der Waals surface area contributed by atoms with E-state index in [1.165, 1.54) is 19.3 Å². The minimum atomic E-state index is -1.04. The lowest BCUT2D eigenvalue weighted by atomic mass is 9.84. The van der Waals surface area contributed by atoms with Crippen molar-refractivity contribution < 1.29 is 28.6 Å². The number of nitrogens with one attached hydrogen (secondary N) is 1. The first-order chi connectivity index (χ1) is 21.4. The minimum Gasteiger partial charge on any atom is -0.467 e. The summed E-state index contributed by atoms with van der Waals surface area (Å²) in [4.78, 5) is 40.1. The van der Waals surface area contributed by atoms with Crippen LogP contribution in [-0.4, -0.2) is 67.3 Å². The number of hydrogen-bond acceptors (Lipinski definition) is 7. The molecule has 0 aliphatic carbocycles. The number of nitrogens with zero attached hydrogens (tertiary/aromatic N) is 1. The summed E-state index contributed by atoms with van der Waals surface area (Å²) in [5, 5.41) is 2.52. The zero-order valence-electron chi connectivity index (χ0n) is 24.8. The summed E-state index contributed by atoms with van der Waals surface area (Å²) in [6, 6.07) is 29.5. The zero-order valence-corrected chi connectivity index (χ0v) is 25.6. The van der Waals surface area contributed by atoms with E-state index in [2.05, 4.69) is 54.9 Å². The monoisotopic (exact) mass is 614 g/mol. The standard InChI is InChI=1S/C35H38N2O6S/c1-4-21-42-33(39)36-31(32(38)41-3)24-29-23-30(25-37(29)34(40)43-22-5-2)44-35(26-15-9-6-10-16-26,27-17-11-7-12-18-27)28-19-13-8-14-20-28/h4-20,29-31H,1-2,21-25H2,3H3,(H,36,39)/t29-,30-,31?/m0/s1. The van der Waals surface area contributed by atoms with Gasteiger partial charge >= 0.3 is 18.2 Å². The quantitative estimate of drug-likeness (QED) is 0.104. The Balaban J connectivity index is 1.72. The van der Waals surface area contributed by atoms with Crippen molar-refractivity contribution in [1.82, 2.24) is 10.2 Å². The van der Waals surface area contributed by atoms with Gasteiger partial charge in [-0.15, -0.1) is 11.8 Å². The number of amides is 2. The Morgan fingerprint density at radius 2 is 1.39 bits per heavy atom. The smallest absolute Gasteiger partial charge is 0.410 e. The zero-order chi connectivity index (χ0) is 31.4. The number of rotatable bonds is 13. The van der Waals surface area contributed by atoms with Crippen LogP contribution in [0.1, 0.15) is 29.5 Å².